The molecule has 3 nitrogen and oxygen atoms in total. The zero-order valence-electron chi connectivity index (χ0n) is 12.9. The first-order valence-electron chi connectivity index (χ1n) is 7.30. The molecule has 4 heteroatoms. The second kappa shape index (κ2) is 7.27. The number of nitrogens with one attached hydrogen (secondary N) is 1. The molecule has 0 aliphatic carbocycles. The molecule has 1 aromatic heterocycles. The molecule has 2 rings (SSSR count). The predicted molar refractivity (Wildman–Crippen MR) is 83.8 cm³/mol. The van der Waals surface area contributed by atoms with Gasteiger partial charge in [0.1, 0.15) is 17.3 Å². The summed E-state index contributed by atoms with van der Waals surface area (Å²) in [7, 11) is 1.86. The molecule has 114 valence electrons. The van der Waals surface area contributed by atoms with E-state index in [0.29, 0.717) is 18.2 Å². The smallest absolute Gasteiger partial charge is 0.146 e. The van der Waals surface area contributed by atoms with Crippen LogP contribution < -0.4 is 10.2 Å². The Morgan fingerprint density at radius 2 is 1.86 bits per heavy atom. The Hall–Kier alpha value is -1.81. The fourth-order valence-electron chi connectivity index (χ4n) is 2.17. The van der Waals surface area contributed by atoms with Crippen LogP contribution in [-0.2, 0) is 13.1 Å². The van der Waals surface area contributed by atoms with Gasteiger partial charge in [0.05, 0.1) is 18.8 Å². The van der Waals surface area contributed by atoms with Gasteiger partial charge in [-0.05, 0) is 36.7 Å². The highest BCUT2D eigenvalue weighted by Crippen LogP contribution is 2.20. The molecule has 0 bridgehead atoms. The molecule has 0 amide bonds. The lowest BCUT2D eigenvalue weighted by Gasteiger charge is -2.18. The summed E-state index contributed by atoms with van der Waals surface area (Å²) in [6, 6.07) is 10.7. The van der Waals surface area contributed by atoms with Crippen molar-refractivity contribution in [2.75, 3.05) is 18.5 Å². The molecule has 1 aromatic carbocycles. The van der Waals surface area contributed by atoms with E-state index in [0.717, 1.165) is 24.6 Å². The molecule has 21 heavy (non-hydrogen) atoms. The van der Waals surface area contributed by atoms with Crippen molar-refractivity contribution >= 4 is 5.69 Å². The first kappa shape index (κ1) is 15.6. The van der Waals surface area contributed by atoms with E-state index >= 15 is 0 Å². The van der Waals surface area contributed by atoms with Crippen LogP contribution in [0.1, 0.15) is 25.4 Å². The number of furan rings is 1. The summed E-state index contributed by atoms with van der Waals surface area (Å²) in [6.07, 6.45) is 0. The van der Waals surface area contributed by atoms with Crippen molar-refractivity contribution in [3.05, 3.63) is 53.7 Å². The molecule has 0 atom stereocenters. The van der Waals surface area contributed by atoms with Crippen molar-refractivity contribution < 1.29 is 8.81 Å². The molecule has 0 saturated heterocycles. The normalized spacial score (nSPS) is 11.1. The zero-order chi connectivity index (χ0) is 15.2. The molecule has 0 radical (unpaired) electrons. The minimum atomic E-state index is -0.217. The van der Waals surface area contributed by atoms with Crippen LogP contribution in [0.5, 0.6) is 0 Å². The average molecular weight is 290 g/mol. The number of nitrogens with zero attached hydrogens (tertiary/aromatic N) is 1. The van der Waals surface area contributed by atoms with E-state index < -0.39 is 0 Å². The monoisotopic (exact) mass is 290 g/mol. The molecular formula is C17H23FN2O. The molecule has 0 fully saturated rings. The lowest BCUT2D eigenvalue weighted by molar-refractivity contribution is 0.435. The van der Waals surface area contributed by atoms with Gasteiger partial charge in [-0.2, -0.15) is 0 Å². The van der Waals surface area contributed by atoms with Gasteiger partial charge in [0, 0.05) is 7.05 Å². The molecule has 0 unspecified atom stereocenters. The fraction of sp³-hybridized carbons (Fsp3) is 0.412. The number of halogens is 1. The van der Waals surface area contributed by atoms with E-state index in [4.69, 9.17) is 4.42 Å². The highest BCUT2D eigenvalue weighted by atomic mass is 19.1. The maximum Gasteiger partial charge on any atom is 0.146 e. The molecule has 0 aliphatic rings. The van der Waals surface area contributed by atoms with Gasteiger partial charge >= 0.3 is 0 Å². The number of anilines is 1. The summed E-state index contributed by atoms with van der Waals surface area (Å²) in [5.74, 6) is 2.15. The maximum absolute atomic E-state index is 13.7. The number of benzene rings is 1. The van der Waals surface area contributed by atoms with Gasteiger partial charge in [0.2, 0.25) is 0 Å². The van der Waals surface area contributed by atoms with Crippen LogP contribution in [0.25, 0.3) is 0 Å². The predicted octanol–water partition coefficient (Wildman–Crippen LogP) is 3.80. The summed E-state index contributed by atoms with van der Waals surface area (Å²) >= 11 is 0. The van der Waals surface area contributed by atoms with E-state index in [1.165, 1.54) is 6.07 Å². The fourth-order valence-corrected chi connectivity index (χ4v) is 2.17. The number of para-hydroxylation sites is 1. The van der Waals surface area contributed by atoms with Gasteiger partial charge < -0.3 is 14.6 Å². The van der Waals surface area contributed by atoms with Crippen LogP contribution in [-0.4, -0.2) is 13.6 Å². The number of hydrogen-bond donors (Lipinski definition) is 1. The van der Waals surface area contributed by atoms with Crippen LogP contribution in [0.4, 0.5) is 10.1 Å². The van der Waals surface area contributed by atoms with Crippen molar-refractivity contribution in [1.82, 2.24) is 5.32 Å². The summed E-state index contributed by atoms with van der Waals surface area (Å²) in [5, 5.41) is 3.34. The highest BCUT2D eigenvalue weighted by molar-refractivity contribution is 5.46. The van der Waals surface area contributed by atoms with Crippen LogP contribution >= 0.6 is 0 Å². The van der Waals surface area contributed by atoms with Crippen molar-refractivity contribution in [2.45, 2.75) is 26.9 Å². The Balaban J connectivity index is 1.91. The summed E-state index contributed by atoms with van der Waals surface area (Å²) in [6.45, 7) is 6.58. The van der Waals surface area contributed by atoms with Crippen molar-refractivity contribution in [2.24, 2.45) is 5.92 Å². The standard InChI is InChI=1S/C17H23FN2O/c1-13(2)10-19-11-14-8-9-15(21-14)12-20(3)17-7-5-4-6-16(17)18/h4-9,13,19H,10-12H2,1-3H3. The van der Waals surface area contributed by atoms with Gasteiger partial charge in [-0.25, -0.2) is 4.39 Å². The third kappa shape index (κ3) is 4.60. The van der Waals surface area contributed by atoms with Crippen LogP contribution in [0.3, 0.4) is 0 Å². The Kier molecular flexibility index (Phi) is 5.39. The first-order chi connectivity index (χ1) is 10.1. The van der Waals surface area contributed by atoms with Gasteiger partial charge in [0.15, 0.2) is 0 Å². The number of hydrogen-bond acceptors (Lipinski definition) is 3. The first-order valence-corrected chi connectivity index (χ1v) is 7.30. The van der Waals surface area contributed by atoms with E-state index in [1.54, 1.807) is 12.1 Å². The molecule has 2 aromatic rings. The zero-order valence-corrected chi connectivity index (χ0v) is 12.9. The Morgan fingerprint density at radius 3 is 2.57 bits per heavy atom. The maximum atomic E-state index is 13.7. The van der Waals surface area contributed by atoms with E-state index in [1.807, 2.05) is 30.1 Å². The Morgan fingerprint density at radius 1 is 1.14 bits per heavy atom. The van der Waals surface area contributed by atoms with E-state index in [-0.39, 0.29) is 5.82 Å². The van der Waals surface area contributed by atoms with Crippen molar-refractivity contribution in [1.29, 1.82) is 0 Å². The van der Waals surface area contributed by atoms with Gasteiger partial charge in [-0.15, -0.1) is 0 Å². The van der Waals surface area contributed by atoms with Crippen molar-refractivity contribution in [3.8, 4) is 0 Å². The van der Waals surface area contributed by atoms with Gasteiger partial charge in [0.25, 0.3) is 0 Å². The molecule has 0 spiro atoms. The van der Waals surface area contributed by atoms with Crippen LogP contribution in [0.15, 0.2) is 40.8 Å². The van der Waals surface area contributed by atoms with Gasteiger partial charge in [-0.3, -0.25) is 0 Å². The third-order valence-corrected chi connectivity index (χ3v) is 3.23. The molecule has 1 heterocycles. The highest BCUT2D eigenvalue weighted by Gasteiger charge is 2.09. The van der Waals surface area contributed by atoms with E-state index in [9.17, 15) is 4.39 Å². The van der Waals surface area contributed by atoms with Crippen molar-refractivity contribution in [3.63, 3.8) is 0 Å². The Labute approximate surface area is 125 Å². The summed E-state index contributed by atoms with van der Waals surface area (Å²) in [4.78, 5) is 1.85. The largest absolute Gasteiger partial charge is 0.463 e. The molecule has 0 aliphatic heterocycles. The molecule has 1 N–H and O–H groups in total. The minimum Gasteiger partial charge on any atom is -0.463 e. The molecule has 0 saturated carbocycles. The quantitative estimate of drug-likeness (QED) is 0.840. The summed E-state index contributed by atoms with van der Waals surface area (Å²) < 4.78 is 19.5. The SMILES string of the molecule is CC(C)CNCc1ccc(CN(C)c2ccccc2F)o1. The second-order valence-electron chi connectivity index (χ2n) is 5.70. The van der Waals surface area contributed by atoms with Gasteiger partial charge in [-0.1, -0.05) is 26.0 Å². The summed E-state index contributed by atoms with van der Waals surface area (Å²) in [5.41, 5.74) is 0.577. The lowest BCUT2D eigenvalue weighted by Crippen LogP contribution is -2.18. The molecular weight excluding hydrogens is 267 g/mol. The minimum absolute atomic E-state index is 0.217. The third-order valence-electron chi connectivity index (χ3n) is 3.23. The number of rotatable bonds is 7. The topological polar surface area (TPSA) is 28.4 Å². The average Bonchev–Trinajstić information content (AvgIpc) is 2.86. The lowest BCUT2D eigenvalue weighted by atomic mass is 10.2. The van der Waals surface area contributed by atoms with E-state index in [2.05, 4.69) is 19.2 Å². The van der Waals surface area contributed by atoms with Crippen LogP contribution in [0, 0.1) is 11.7 Å². The Bertz CT molecular complexity index is 565. The van der Waals surface area contributed by atoms with Crippen LogP contribution in [0.2, 0.25) is 0 Å². The second-order valence-corrected chi connectivity index (χ2v) is 5.70.